The first kappa shape index (κ1) is 28.6. The molecule has 0 radical (unpaired) electrons. The minimum Gasteiger partial charge on any atom is -0.744 e. The van der Waals surface area contributed by atoms with Gasteiger partial charge in [-0.05, 0) is 22.4 Å². The summed E-state index contributed by atoms with van der Waals surface area (Å²) >= 11 is 0. The van der Waals surface area contributed by atoms with Crippen LogP contribution in [0.5, 0.6) is 0 Å². The molecule has 0 aliphatic carbocycles. The van der Waals surface area contributed by atoms with E-state index in [2.05, 4.69) is 0 Å². The van der Waals surface area contributed by atoms with Crippen molar-refractivity contribution >= 4 is 20.9 Å². The van der Waals surface area contributed by atoms with E-state index in [1.54, 1.807) is 0 Å². The molecule has 31 heavy (non-hydrogen) atoms. The molecule has 168 valence electrons. The van der Waals surface area contributed by atoms with Crippen molar-refractivity contribution in [2.75, 3.05) is 0 Å². The van der Waals surface area contributed by atoms with Crippen LogP contribution in [-0.2, 0) is 16.5 Å². The quantitative estimate of drug-likeness (QED) is 0.326. The number of halogens is 10. The van der Waals surface area contributed by atoms with E-state index in [1.807, 2.05) is 0 Å². The van der Waals surface area contributed by atoms with Crippen LogP contribution in [0.3, 0.4) is 0 Å². The van der Waals surface area contributed by atoms with Gasteiger partial charge in [-0.15, -0.1) is 0 Å². The average Bonchev–Trinajstić information content (AvgIpc) is 2.59. The van der Waals surface area contributed by atoms with Gasteiger partial charge in [-0.2, -0.15) is 35.1 Å². The number of fused-ring (bicyclic) bond motifs is 1. The van der Waals surface area contributed by atoms with E-state index in [4.69, 9.17) is 0 Å². The molecule has 0 bridgehead atoms. The van der Waals surface area contributed by atoms with Crippen LogP contribution in [0.1, 0.15) is 5.56 Å². The van der Waals surface area contributed by atoms with Crippen molar-refractivity contribution in [3.8, 4) is 0 Å². The van der Waals surface area contributed by atoms with Crippen molar-refractivity contribution in [3.05, 3.63) is 42.0 Å². The molecule has 2 rings (SSSR count). The van der Waals surface area contributed by atoms with Crippen LogP contribution in [0.25, 0.3) is 10.8 Å². The summed E-state index contributed by atoms with van der Waals surface area (Å²) in [5, 5.41) is -1.07. The van der Waals surface area contributed by atoms with Crippen LogP contribution in [-0.4, -0.2) is 43.1 Å². The van der Waals surface area contributed by atoms with E-state index in [9.17, 15) is 56.9 Å². The summed E-state index contributed by atoms with van der Waals surface area (Å²) in [7, 11) is -5.16. The first-order valence-corrected chi connectivity index (χ1v) is 9.04. The Kier molecular flexibility index (Phi) is 8.35. The Balaban J connectivity index is 0.00000480. The van der Waals surface area contributed by atoms with Gasteiger partial charge in [0.05, 0.1) is 4.90 Å². The minimum absolute atomic E-state index is 0. The molecule has 2 aromatic rings. The van der Waals surface area contributed by atoms with E-state index in [-0.39, 0.29) is 51.4 Å². The molecule has 0 N–H and O–H groups in total. The summed E-state index contributed by atoms with van der Waals surface area (Å²) in [6, 6.07) is 4.94. The molecule has 0 amide bonds. The second kappa shape index (κ2) is 9.06. The number of benzene rings is 2. The minimum atomic E-state index is -7.13. The maximum Gasteiger partial charge on any atom is 1.00 e. The molecule has 0 fully saturated rings. The van der Waals surface area contributed by atoms with E-state index in [1.165, 1.54) is 0 Å². The largest absolute Gasteiger partial charge is 1.00 e. The van der Waals surface area contributed by atoms with E-state index >= 15 is 0 Å². The molecular formula is C16H9F10KO3S. The average molecular weight is 510 g/mol. The first-order valence-electron chi connectivity index (χ1n) is 7.64. The van der Waals surface area contributed by atoms with Gasteiger partial charge in [0.1, 0.15) is 10.1 Å². The summed E-state index contributed by atoms with van der Waals surface area (Å²) in [5.74, 6) is -26.8. The van der Waals surface area contributed by atoms with Crippen molar-refractivity contribution in [1.29, 1.82) is 0 Å². The van der Waals surface area contributed by atoms with Crippen LogP contribution in [0, 0.1) is 0 Å². The fourth-order valence-corrected chi connectivity index (χ4v) is 3.34. The van der Waals surface area contributed by atoms with Crippen LogP contribution in [0.2, 0.25) is 0 Å². The van der Waals surface area contributed by atoms with Gasteiger partial charge in [0.25, 0.3) is 0 Å². The molecule has 15 heteroatoms. The predicted octanol–water partition coefficient (Wildman–Crippen LogP) is 2.10. The molecule has 0 heterocycles. The van der Waals surface area contributed by atoms with Gasteiger partial charge in [0, 0.05) is 6.42 Å². The number of rotatable bonds is 7. The number of hydrogen-bond donors (Lipinski definition) is 0. The molecule has 0 aliphatic rings. The normalized spacial score (nSPS) is 14.1. The Bertz CT molecular complexity index is 1060. The maximum atomic E-state index is 14.1. The summed E-state index contributed by atoms with van der Waals surface area (Å²) in [4.78, 5) is -0.938. The summed E-state index contributed by atoms with van der Waals surface area (Å²) in [6.07, 6.45) is -7.72. The fourth-order valence-electron chi connectivity index (χ4n) is 2.64. The van der Waals surface area contributed by atoms with Gasteiger partial charge >= 0.3 is 81.5 Å². The Morgan fingerprint density at radius 1 is 0.806 bits per heavy atom. The summed E-state index contributed by atoms with van der Waals surface area (Å²) in [6.45, 7) is 0. The van der Waals surface area contributed by atoms with Crippen molar-refractivity contribution in [2.24, 2.45) is 0 Å². The van der Waals surface area contributed by atoms with Crippen LogP contribution in [0.4, 0.5) is 43.9 Å². The van der Waals surface area contributed by atoms with Gasteiger partial charge in [0.2, 0.25) is 0 Å². The van der Waals surface area contributed by atoms with Crippen molar-refractivity contribution < 1.29 is 108 Å². The molecule has 0 spiro atoms. The monoisotopic (exact) mass is 510 g/mol. The molecule has 0 aromatic heterocycles. The van der Waals surface area contributed by atoms with E-state index < -0.39 is 67.9 Å². The van der Waals surface area contributed by atoms with Crippen molar-refractivity contribution in [3.63, 3.8) is 0 Å². The Labute approximate surface area is 211 Å². The van der Waals surface area contributed by atoms with E-state index in [0.29, 0.717) is 6.07 Å². The fraction of sp³-hybridized carbons (Fsp3) is 0.375. The molecule has 0 unspecified atom stereocenters. The van der Waals surface area contributed by atoms with Gasteiger partial charge < -0.3 is 4.55 Å². The van der Waals surface area contributed by atoms with E-state index in [0.717, 1.165) is 30.3 Å². The van der Waals surface area contributed by atoms with Gasteiger partial charge in [0.15, 0.2) is 0 Å². The molecule has 2 aromatic carbocycles. The SMILES string of the molecule is O=S(=O)([O-])c1cccc2c(CC(F)(F)C(F)(F)C(F)(F)C(F)(F)C(F)F)cccc12.[K+]. The molecule has 3 nitrogen and oxygen atoms in total. The van der Waals surface area contributed by atoms with Gasteiger partial charge in [-0.25, -0.2) is 17.2 Å². The Morgan fingerprint density at radius 2 is 1.29 bits per heavy atom. The van der Waals surface area contributed by atoms with Gasteiger partial charge in [-0.3, -0.25) is 0 Å². The van der Waals surface area contributed by atoms with Crippen LogP contribution < -0.4 is 51.4 Å². The zero-order chi connectivity index (χ0) is 23.3. The van der Waals surface area contributed by atoms with Crippen molar-refractivity contribution in [1.82, 2.24) is 0 Å². The number of hydrogen-bond acceptors (Lipinski definition) is 3. The molecular weight excluding hydrogens is 501 g/mol. The van der Waals surface area contributed by atoms with Crippen LogP contribution >= 0.6 is 0 Å². The zero-order valence-corrected chi connectivity index (χ0v) is 19.1. The van der Waals surface area contributed by atoms with Gasteiger partial charge in [-0.1, -0.05) is 30.3 Å². The molecule has 0 atom stereocenters. The first-order chi connectivity index (χ1) is 13.4. The maximum absolute atomic E-state index is 14.1. The third kappa shape index (κ3) is 4.91. The smallest absolute Gasteiger partial charge is 0.744 e. The summed E-state index contributed by atoms with van der Waals surface area (Å²) in [5.41, 5.74) is -0.918. The molecule has 0 saturated heterocycles. The molecule has 0 saturated carbocycles. The molecule has 0 aliphatic heterocycles. The zero-order valence-electron chi connectivity index (χ0n) is 15.2. The van der Waals surface area contributed by atoms with Crippen molar-refractivity contribution in [2.45, 2.75) is 41.4 Å². The number of alkyl halides is 10. The Morgan fingerprint density at radius 3 is 1.77 bits per heavy atom. The second-order valence-corrected chi connectivity index (χ2v) is 7.52. The Hall–Kier alpha value is -0.454. The standard InChI is InChI=1S/C16H10F10O3S.K/c17-12(18)14(21,22)16(25,26)15(23,24)13(19,20)7-8-3-1-5-10-9(8)4-2-6-11(10)30(27,28)29;/h1-6,12H,7H2,(H,27,28,29);/q;+1/p-1. The topological polar surface area (TPSA) is 57.2 Å². The third-order valence-electron chi connectivity index (χ3n) is 4.20. The predicted molar refractivity (Wildman–Crippen MR) is 81.4 cm³/mol. The summed E-state index contributed by atoms with van der Waals surface area (Å²) < 4.78 is 166. The van der Waals surface area contributed by atoms with Crippen LogP contribution in [0.15, 0.2) is 41.3 Å². The second-order valence-electron chi connectivity index (χ2n) is 6.18. The third-order valence-corrected chi connectivity index (χ3v) is 5.10.